The van der Waals surface area contributed by atoms with E-state index in [1.165, 1.54) is 0 Å². The lowest BCUT2D eigenvalue weighted by molar-refractivity contribution is -0.114. The molecule has 1 fully saturated rings. The van der Waals surface area contributed by atoms with Crippen molar-refractivity contribution in [2.45, 2.75) is 19.8 Å². The Kier molecular flexibility index (Phi) is 6.81. The highest BCUT2D eigenvalue weighted by Gasteiger charge is 2.21. The second-order valence-corrected chi connectivity index (χ2v) is 7.84. The highest BCUT2D eigenvalue weighted by atomic mass is 35.5. The zero-order chi connectivity index (χ0) is 20.1. The van der Waals surface area contributed by atoms with E-state index in [1.807, 2.05) is 4.90 Å². The molecule has 148 valence electrons. The molecule has 0 aromatic heterocycles. The van der Waals surface area contributed by atoms with E-state index in [0.717, 1.165) is 31.6 Å². The Labute approximate surface area is 175 Å². The minimum absolute atomic E-state index is 0.0618. The molecule has 0 spiro atoms. The van der Waals surface area contributed by atoms with E-state index in [9.17, 15) is 9.59 Å². The Morgan fingerprint density at radius 3 is 2.43 bits per heavy atom. The van der Waals surface area contributed by atoms with E-state index >= 15 is 0 Å². The van der Waals surface area contributed by atoms with Crippen LogP contribution in [0.3, 0.4) is 0 Å². The summed E-state index contributed by atoms with van der Waals surface area (Å²) in [6.45, 7) is 3.91. The average Bonchev–Trinajstić information content (AvgIpc) is 2.70. The van der Waals surface area contributed by atoms with Crippen molar-refractivity contribution in [3.8, 4) is 0 Å². The van der Waals surface area contributed by atoms with Crippen LogP contribution in [-0.2, 0) is 4.79 Å². The number of nitrogens with one attached hydrogen (secondary N) is 2. The predicted molar refractivity (Wildman–Crippen MR) is 114 cm³/mol. The molecule has 1 saturated heterocycles. The van der Waals surface area contributed by atoms with E-state index in [4.69, 9.17) is 23.2 Å². The van der Waals surface area contributed by atoms with Crippen LogP contribution >= 0.6 is 23.2 Å². The van der Waals surface area contributed by atoms with Crippen LogP contribution in [0.4, 0.5) is 11.4 Å². The van der Waals surface area contributed by atoms with E-state index in [0.29, 0.717) is 27.2 Å². The number of halogens is 2. The van der Waals surface area contributed by atoms with Gasteiger partial charge in [0.05, 0.1) is 22.3 Å². The van der Waals surface area contributed by atoms with Gasteiger partial charge in [-0.25, -0.2) is 0 Å². The third-order valence-electron chi connectivity index (χ3n) is 4.88. The molecular weight excluding hydrogens is 397 g/mol. The summed E-state index contributed by atoms with van der Waals surface area (Å²) >= 11 is 12.0. The number of amides is 2. The van der Waals surface area contributed by atoms with Gasteiger partial charge in [-0.15, -0.1) is 0 Å². The lowest BCUT2D eigenvalue weighted by Gasteiger charge is -2.30. The first-order valence-corrected chi connectivity index (χ1v) is 10.1. The average molecular weight is 420 g/mol. The number of rotatable bonds is 5. The van der Waals surface area contributed by atoms with Crippen molar-refractivity contribution >= 4 is 46.4 Å². The summed E-state index contributed by atoms with van der Waals surface area (Å²) in [5.74, 6) is 0.502. The molecule has 28 heavy (non-hydrogen) atoms. The minimum Gasteiger partial charge on any atom is -0.376 e. The molecular formula is C21H23Cl2N3O2. The number of hydrogen-bond donors (Lipinski definition) is 2. The fraction of sp³-hybridized carbons (Fsp3) is 0.333. The standard InChI is InChI=1S/C21H23Cl2N3O2/c1-14-9-11-26(12-10-14)21(28)15-5-7-16(8-6-15)24-13-19(27)25-18-4-2-3-17(22)20(18)23/h2-8,14,24H,9-13H2,1H3,(H,25,27). The molecule has 2 amide bonds. The first-order valence-electron chi connectivity index (χ1n) is 9.31. The van der Waals surface area contributed by atoms with Gasteiger partial charge in [0.2, 0.25) is 5.91 Å². The highest BCUT2D eigenvalue weighted by molar-refractivity contribution is 6.44. The Bertz CT molecular complexity index is 847. The van der Waals surface area contributed by atoms with Crippen LogP contribution in [0.15, 0.2) is 42.5 Å². The van der Waals surface area contributed by atoms with Crippen LogP contribution < -0.4 is 10.6 Å². The molecule has 1 heterocycles. The summed E-state index contributed by atoms with van der Waals surface area (Å²) in [6.07, 6.45) is 2.11. The van der Waals surface area contributed by atoms with Crippen LogP contribution in [0, 0.1) is 5.92 Å². The summed E-state index contributed by atoms with van der Waals surface area (Å²) in [7, 11) is 0. The second-order valence-electron chi connectivity index (χ2n) is 7.06. The summed E-state index contributed by atoms with van der Waals surface area (Å²) in [5, 5.41) is 6.45. The van der Waals surface area contributed by atoms with E-state index in [2.05, 4.69) is 17.6 Å². The van der Waals surface area contributed by atoms with Gasteiger partial charge in [-0.05, 0) is 55.2 Å². The highest BCUT2D eigenvalue weighted by Crippen LogP contribution is 2.29. The van der Waals surface area contributed by atoms with Crippen molar-refractivity contribution in [1.29, 1.82) is 0 Å². The topological polar surface area (TPSA) is 61.4 Å². The summed E-state index contributed by atoms with van der Waals surface area (Å²) in [5.41, 5.74) is 1.89. The molecule has 1 aliphatic heterocycles. The van der Waals surface area contributed by atoms with Crippen LogP contribution in [-0.4, -0.2) is 36.3 Å². The Morgan fingerprint density at radius 2 is 1.75 bits per heavy atom. The van der Waals surface area contributed by atoms with Gasteiger partial charge in [0.1, 0.15) is 0 Å². The number of likely N-dealkylation sites (tertiary alicyclic amines) is 1. The maximum atomic E-state index is 12.6. The van der Waals surface area contributed by atoms with Gasteiger partial charge in [-0.2, -0.15) is 0 Å². The molecule has 0 saturated carbocycles. The molecule has 1 aliphatic rings. The van der Waals surface area contributed by atoms with Crippen molar-refractivity contribution < 1.29 is 9.59 Å². The molecule has 0 atom stereocenters. The zero-order valence-corrected chi connectivity index (χ0v) is 17.2. The number of benzene rings is 2. The van der Waals surface area contributed by atoms with Gasteiger partial charge in [-0.1, -0.05) is 36.2 Å². The van der Waals surface area contributed by atoms with Gasteiger partial charge in [0.25, 0.3) is 5.91 Å². The number of nitrogens with zero attached hydrogens (tertiary/aromatic N) is 1. The monoisotopic (exact) mass is 419 g/mol. The number of carbonyl (C=O) groups is 2. The lowest BCUT2D eigenvalue weighted by atomic mass is 9.98. The molecule has 2 N–H and O–H groups in total. The molecule has 2 aromatic rings. The van der Waals surface area contributed by atoms with Gasteiger partial charge in [0, 0.05) is 24.3 Å². The smallest absolute Gasteiger partial charge is 0.253 e. The third-order valence-corrected chi connectivity index (χ3v) is 5.70. The van der Waals surface area contributed by atoms with Crippen molar-refractivity contribution in [1.82, 2.24) is 4.90 Å². The maximum absolute atomic E-state index is 12.6. The zero-order valence-electron chi connectivity index (χ0n) is 15.7. The normalized spacial score (nSPS) is 14.6. The quantitative estimate of drug-likeness (QED) is 0.722. The van der Waals surface area contributed by atoms with Gasteiger partial charge >= 0.3 is 0 Å². The SMILES string of the molecule is CC1CCN(C(=O)c2ccc(NCC(=O)Nc3cccc(Cl)c3Cl)cc2)CC1. The number of carbonyl (C=O) groups excluding carboxylic acids is 2. The largest absolute Gasteiger partial charge is 0.376 e. The first-order chi connectivity index (χ1) is 13.4. The molecule has 0 radical (unpaired) electrons. The van der Waals surface area contributed by atoms with Gasteiger partial charge in [0.15, 0.2) is 0 Å². The fourth-order valence-electron chi connectivity index (χ4n) is 3.10. The predicted octanol–water partition coefficient (Wildman–Crippen LogP) is 4.92. The van der Waals surface area contributed by atoms with Crippen molar-refractivity contribution in [3.05, 3.63) is 58.1 Å². The van der Waals surface area contributed by atoms with Crippen LogP contribution in [0.5, 0.6) is 0 Å². The van der Waals surface area contributed by atoms with Crippen molar-refractivity contribution in [3.63, 3.8) is 0 Å². The molecule has 0 bridgehead atoms. The van der Waals surface area contributed by atoms with E-state index < -0.39 is 0 Å². The van der Waals surface area contributed by atoms with Gasteiger partial charge < -0.3 is 15.5 Å². The molecule has 2 aromatic carbocycles. The molecule has 3 rings (SSSR count). The summed E-state index contributed by atoms with van der Waals surface area (Å²) < 4.78 is 0. The third kappa shape index (κ3) is 5.18. The molecule has 0 unspecified atom stereocenters. The second kappa shape index (κ2) is 9.30. The number of anilines is 2. The van der Waals surface area contributed by atoms with Gasteiger partial charge in [-0.3, -0.25) is 9.59 Å². The molecule has 7 heteroatoms. The Morgan fingerprint density at radius 1 is 1.07 bits per heavy atom. The lowest BCUT2D eigenvalue weighted by Crippen LogP contribution is -2.37. The number of piperidine rings is 1. The summed E-state index contributed by atoms with van der Waals surface area (Å²) in [4.78, 5) is 26.6. The van der Waals surface area contributed by atoms with Crippen LogP contribution in [0.1, 0.15) is 30.1 Å². The first kappa shape index (κ1) is 20.5. The van der Waals surface area contributed by atoms with Crippen molar-refractivity contribution in [2.75, 3.05) is 30.3 Å². The molecule has 0 aliphatic carbocycles. The fourth-order valence-corrected chi connectivity index (χ4v) is 3.45. The Hall–Kier alpha value is -2.24. The van der Waals surface area contributed by atoms with Crippen molar-refractivity contribution in [2.24, 2.45) is 5.92 Å². The minimum atomic E-state index is -0.244. The van der Waals surface area contributed by atoms with Crippen LogP contribution in [0.25, 0.3) is 0 Å². The Balaban J connectivity index is 1.52. The number of hydrogen-bond acceptors (Lipinski definition) is 3. The van der Waals surface area contributed by atoms with Crippen LogP contribution in [0.2, 0.25) is 10.0 Å². The molecule has 5 nitrogen and oxygen atoms in total. The van der Waals surface area contributed by atoms with E-state index in [1.54, 1.807) is 42.5 Å². The van der Waals surface area contributed by atoms with E-state index in [-0.39, 0.29) is 18.4 Å². The maximum Gasteiger partial charge on any atom is 0.253 e. The summed E-state index contributed by atoms with van der Waals surface area (Å²) in [6, 6.07) is 12.2.